The van der Waals surface area contributed by atoms with Gasteiger partial charge in [0.1, 0.15) is 0 Å². The van der Waals surface area contributed by atoms with Crippen molar-refractivity contribution in [2.75, 3.05) is 12.4 Å². The van der Waals surface area contributed by atoms with Crippen LogP contribution in [0, 0.1) is 10.1 Å². The molecule has 0 radical (unpaired) electrons. The number of nitro groups is 1. The Morgan fingerprint density at radius 1 is 1.10 bits per heavy atom. The van der Waals surface area contributed by atoms with Gasteiger partial charge in [-0.1, -0.05) is 24.3 Å². The average Bonchev–Trinajstić information content (AvgIpc) is 2.75. The summed E-state index contributed by atoms with van der Waals surface area (Å²) in [5, 5.41) is 13.6. The van der Waals surface area contributed by atoms with Crippen LogP contribution in [0.3, 0.4) is 0 Å². The van der Waals surface area contributed by atoms with Gasteiger partial charge in [0.05, 0.1) is 35.4 Å². The minimum absolute atomic E-state index is 0.0559. The zero-order chi connectivity index (χ0) is 21.7. The molecule has 1 N–H and O–H groups in total. The highest BCUT2D eigenvalue weighted by molar-refractivity contribution is 6.07. The Morgan fingerprint density at radius 3 is 2.60 bits per heavy atom. The maximum Gasteiger partial charge on any atom is 0.339 e. The van der Waals surface area contributed by atoms with Gasteiger partial charge in [0.15, 0.2) is 0 Å². The third-order valence-electron chi connectivity index (χ3n) is 4.30. The number of nitro benzene ring substituents is 1. The number of rotatable bonds is 6. The van der Waals surface area contributed by atoms with E-state index in [1.54, 1.807) is 24.3 Å². The molecule has 2 aromatic carbocycles. The molecule has 0 aliphatic heterocycles. The second-order valence-electron chi connectivity index (χ2n) is 6.30. The van der Waals surface area contributed by atoms with E-state index in [2.05, 4.69) is 5.32 Å². The number of methoxy groups -OCH3 is 1. The highest BCUT2D eigenvalue weighted by atomic mass is 16.6. The molecule has 0 atom stereocenters. The van der Waals surface area contributed by atoms with Gasteiger partial charge in [-0.05, 0) is 23.8 Å². The molecule has 152 valence electrons. The van der Waals surface area contributed by atoms with Crippen LogP contribution in [0.25, 0.3) is 0 Å². The van der Waals surface area contributed by atoms with Crippen molar-refractivity contribution in [2.24, 2.45) is 0 Å². The number of nitrogens with one attached hydrogen (secondary N) is 1. The normalized spacial score (nSPS) is 10.3. The quantitative estimate of drug-likeness (QED) is 0.381. The molecule has 3 aromatic rings. The van der Waals surface area contributed by atoms with Gasteiger partial charge in [0, 0.05) is 24.4 Å². The molecule has 0 saturated heterocycles. The van der Waals surface area contributed by atoms with E-state index >= 15 is 0 Å². The summed E-state index contributed by atoms with van der Waals surface area (Å²) in [5.74, 6) is -1.12. The lowest BCUT2D eigenvalue weighted by Gasteiger charge is -2.11. The van der Waals surface area contributed by atoms with E-state index in [0.717, 1.165) is 0 Å². The van der Waals surface area contributed by atoms with Crippen molar-refractivity contribution in [1.82, 2.24) is 4.57 Å². The summed E-state index contributed by atoms with van der Waals surface area (Å²) in [6, 6.07) is 14.9. The number of anilines is 1. The van der Waals surface area contributed by atoms with Crippen LogP contribution >= 0.6 is 0 Å². The van der Waals surface area contributed by atoms with Crippen LogP contribution in [0.15, 0.2) is 71.7 Å². The predicted molar refractivity (Wildman–Crippen MR) is 109 cm³/mol. The van der Waals surface area contributed by atoms with Crippen molar-refractivity contribution in [1.29, 1.82) is 0 Å². The van der Waals surface area contributed by atoms with Gasteiger partial charge in [-0.25, -0.2) is 4.79 Å². The second kappa shape index (κ2) is 8.82. The summed E-state index contributed by atoms with van der Waals surface area (Å²) in [4.78, 5) is 47.1. The van der Waals surface area contributed by atoms with Crippen LogP contribution in [0.4, 0.5) is 11.4 Å². The number of carbonyl (C=O) groups is 2. The van der Waals surface area contributed by atoms with Crippen LogP contribution in [-0.4, -0.2) is 28.5 Å². The summed E-state index contributed by atoms with van der Waals surface area (Å²) in [6.07, 6.45) is 1.36. The largest absolute Gasteiger partial charge is 0.465 e. The highest BCUT2D eigenvalue weighted by Crippen LogP contribution is 2.17. The second-order valence-corrected chi connectivity index (χ2v) is 6.30. The lowest BCUT2D eigenvalue weighted by atomic mass is 10.1. The summed E-state index contributed by atoms with van der Waals surface area (Å²) in [7, 11) is 1.24. The van der Waals surface area contributed by atoms with Crippen molar-refractivity contribution in [3.8, 4) is 0 Å². The number of aromatic nitrogens is 1. The van der Waals surface area contributed by atoms with Gasteiger partial charge in [0.25, 0.3) is 17.2 Å². The first-order chi connectivity index (χ1) is 14.4. The Hall–Kier alpha value is -4.27. The highest BCUT2D eigenvalue weighted by Gasteiger charge is 2.15. The standard InChI is InChI=1S/C21H17N3O6/c1-30-21(27)17-7-2-3-8-18(17)22-20(26)15-9-10-19(25)23(13-15)12-14-5-4-6-16(11-14)24(28)29/h2-11,13H,12H2,1H3,(H,22,26). The molecule has 0 unspecified atom stereocenters. The number of pyridine rings is 1. The number of amides is 1. The van der Waals surface area contributed by atoms with Crippen LogP contribution in [0.1, 0.15) is 26.3 Å². The molecule has 9 nitrogen and oxygen atoms in total. The van der Waals surface area contributed by atoms with Gasteiger partial charge in [-0.2, -0.15) is 0 Å². The number of hydrogen-bond acceptors (Lipinski definition) is 6. The topological polar surface area (TPSA) is 121 Å². The van der Waals surface area contributed by atoms with Crippen molar-refractivity contribution in [2.45, 2.75) is 6.54 Å². The third-order valence-corrected chi connectivity index (χ3v) is 4.30. The lowest BCUT2D eigenvalue weighted by Crippen LogP contribution is -2.23. The fourth-order valence-corrected chi connectivity index (χ4v) is 2.83. The molecular weight excluding hydrogens is 390 g/mol. The fourth-order valence-electron chi connectivity index (χ4n) is 2.83. The van der Waals surface area contributed by atoms with Gasteiger partial charge < -0.3 is 14.6 Å². The number of carbonyl (C=O) groups excluding carboxylic acids is 2. The Bertz CT molecular complexity index is 1190. The van der Waals surface area contributed by atoms with E-state index in [1.807, 2.05) is 0 Å². The first kappa shape index (κ1) is 20.5. The summed E-state index contributed by atoms with van der Waals surface area (Å²) < 4.78 is 5.99. The average molecular weight is 407 g/mol. The molecule has 1 amide bonds. The van der Waals surface area contributed by atoms with E-state index in [0.29, 0.717) is 5.56 Å². The molecule has 1 heterocycles. The maximum atomic E-state index is 12.7. The van der Waals surface area contributed by atoms with Crippen LogP contribution in [-0.2, 0) is 11.3 Å². The molecule has 0 spiro atoms. The molecule has 0 aliphatic rings. The zero-order valence-corrected chi connectivity index (χ0v) is 15.9. The van der Waals surface area contributed by atoms with Crippen molar-refractivity contribution in [3.63, 3.8) is 0 Å². The Balaban J connectivity index is 1.86. The van der Waals surface area contributed by atoms with E-state index in [9.17, 15) is 24.5 Å². The zero-order valence-electron chi connectivity index (χ0n) is 15.9. The molecule has 3 rings (SSSR count). The van der Waals surface area contributed by atoms with E-state index in [1.165, 1.54) is 54.3 Å². The predicted octanol–water partition coefficient (Wildman–Crippen LogP) is 2.84. The van der Waals surface area contributed by atoms with Crippen LogP contribution < -0.4 is 10.9 Å². The Morgan fingerprint density at radius 2 is 1.87 bits per heavy atom. The van der Waals surface area contributed by atoms with Crippen molar-refractivity contribution < 1.29 is 19.2 Å². The smallest absolute Gasteiger partial charge is 0.339 e. The van der Waals surface area contributed by atoms with E-state index < -0.39 is 16.8 Å². The number of benzene rings is 2. The Labute approximate surface area is 170 Å². The monoisotopic (exact) mass is 407 g/mol. The minimum atomic E-state index is -0.596. The minimum Gasteiger partial charge on any atom is -0.465 e. The number of non-ortho nitro benzene ring substituents is 1. The van der Waals surface area contributed by atoms with Gasteiger partial charge in [0.2, 0.25) is 0 Å². The molecule has 0 aliphatic carbocycles. The molecule has 9 heteroatoms. The van der Waals surface area contributed by atoms with Crippen molar-refractivity contribution in [3.05, 3.63) is 104 Å². The number of ether oxygens (including phenoxy) is 1. The number of para-hydroxylation sites is 1. The van der Waals surface area contributed by atoms with Gasteiger partial charge in [-0.15, -0.1) is 0 Å². The first-order valence-electron chi connectivity index (χ1n) is 8.81. The molecule has 0 bridgehead atoms. The SMILES string of the molecule is COC(=O)c1ccccc1NC(=O)c1ccc(=O)n(Cc2cccc([N+](=O)[O-])c2)c1. The molecule has 0 saturated carbocycles. The Kier molecular flexibility index (Phi) is 6.02. The molecule has 1 aromatic heterocycles. The molecule has 30 heavy (non-hydrogen) atoms. The molecular formula is C21H17N3O6. The summed E-state index contributed by atoms with van der Waals surface area (Å²) in [5.41, 5.74) is 0.727. The molecule has 0 fully saturated rings. The fraction of sp³-hybridized carbons (Fsp3) is 0.0952. The van der Waals surface area contributed by atoms with E-state index in [-0.39, 0.29) is 34.6 Å². The lowest BCUT2D eigenvalue weighted by molar-refractivity contribution is -0.384. The van der Waals surface area contributed by atoms with Crippen LogP contribution in [0.5, 0.6) is 0 Å². The summed E-state index contributed by atoms with van der Waals surface area (Å²) >= 11 is 0. The summed E-state index contributed by atoms with van der Waals surface area (Å²) in [6.45, 7) is 0.0559. The van der Waals surface area contributed by atoms with Crippen molar-refractivity contribution >= 4 is 23.3 Å². The third kappa shape index (κ3) is 4.58. The number of nitrogens with zero attached hydrogens (tertiary/aromatic N) is 2. The maximum absolute atomic E-state index is 12.7. The van der Waals surface area contributed by atoms with Gasteiger partial charge in [-0.3, -0.25) is 19.7 Å². The number of esters is 1. The number of hydrogen-bond donors (Lipinski definition) is 1. The van der Waals surface area contributed by atoms with Gasteiger partial charge >= 0.3 is 5.97 Å². The van der Waals surface area contributed by atoms with Crippen LogP contribution in [0.2, 0.25) is 0 Å². The van der Waals surface area contributed by atoms with E-state index in [4.69, 9.17) is 4.74 Å². The first-order valence-corrected chi connectivity index (χ1v) is 8.81.